The number of nitrogens with two attached hydrogens (primary N) is 1. The molecule has 0 saturated carbocycles. The third-order valence-electron chi connectivity index (χ3n) is 2.78. The van der Waals surface area contributed by atoms with Crippen molar-refractivity contribution >= 4 is 34.7 Å². The van der Waals surface area contributed by atoms with Gasteiger partial charge in [-0.3, -0.25) is 9.48 Å². The number of rotatable bonds is 5. The van der Waals surface area contributed by atoms with Crippen LogP contribution in [-0.4, -0.2) is 29.3 Å². The van der Waals surface area contributed by atoms with E-state index in [1.807, 2.05) is 0 Å². The predicted octanol–water partition coefficient (Wildman–Crippen LogP) is 2.65. The molecule has 0 aliphatic carbocycles. The summed E-state index contributed by atoms with van der Waals surface area (Å²) in [5, 5.41) is 4.81. The zero-order valence-electron chi connectivity index (χ0n) is 10.8. The molecule has 1 aromatic carbocycles. The Morgan fingerprint density at radius 2 is 2.20 bits per heavy atom. The van der Waals surface area contributed by atoms with E-state index in [-0.39, 0.29) is 16.5 Å². The zero-order chi connectivity index (χ0) is 14.7. The molecule has 20 heavy (non-hydrogen) atoms. The number of aromatic nitrogens is 2. The van der Waals surface area contributed by atoms with Crippen molar-refractivity contribution in [3.8, 4) is 0 Å². The summed E-state index contributed by atoms with van der Waals surface area (Å²) in [4.78, 5) is 12.5. The van der Waals surface area contributed by atoms with Crippen LogP contribution in [-0.2, 0) is 11.3 Å². The second-order valence-electron chi connectivity index (χ2n) is 4.12. The van der Waals surface area contributed by atoms with Gasteiger partial charge in [0.05, 0.1) is 24.4 Å². The van der Waals surface area contributed by atoms with Crippen LogP contribution in [0.3, 0.4) is 0 Å². The Kier molecular flexibility index (Phi) is 4.65. The summed E-state index contributed by atoms with van der Waals surface area (Å²) in [5.41, 5.74) is 6.76. The number of nitrogen functional groups attached to an aromatic ring is 1. The summed E-state index contributed by atoms with van der Waals surface area (Å²) >= 11 is 11.9. The Labute approximate surface area is 126 Å². The van der Waals surface area contributed by atoms with Crippen LogP contribution in [0.1, 0.15) is 16.1 Å². The van der Waals surface area contributed by atoms with E-state index < -0.39 is 0 Å². The number of carbonyl (C=O) groups excluding carboxylic acids is 1. The number of halogens is 2. The minimum atomic E-state index is -0.294. The van der Waals surface area contributed by atoms with Crippen molar-refractivity contribution < 1.29 is 9.53 Å². The average molecular weight is 314 g/mol. The van der Waals surface area contributed by atoms with Crippen molar-refractivity contribution in [3.63, 3.8) is 0 Å². The van der Waals surface area contributed by atoms with E-state index in [0.717, 1.165) is 0 Å². The van der Waals surface area contributed by atoms with E-state index in [1.54, 1.807) is 19.2 Å². The maximum Gasteiger partial charge on any atom is 0.214 e. The standard InChI is InChI=1S/C13H13Cl2N3O2/c1-20-5-4-18-12(10(15)7-17-18)13(19)9-3-2-8(14)6-11(9)16/h2-3,6-7H,4-5,16H2,1H3. The molecule has 7 heteroatoms. The second kappa shape index (κ2) is 6.26. The van der Waals surface area contributed by atoms with Gasteiger partial charge in [0.15, 0.2) is 0 Å². The van der Waals surface area contributed by atoms with Gasteiger partial charge in [-0.1, -0.05) is 23.2 Å². The molecule has 0 aliphatic rings. The predicted molar refractivity (Wildman–Crippen MR) is 78.4 cm³/mol. The molecule has 0 aliphatic heterocycles. The van der Waals surface area contributed by atoms with Crippen LogP contribution >= 0.6 is 23.2 Å². The Morgan fingerprint density at radius 3 is 2.85 bits per heavy atom. The quantitative estimate of drug-likeness (QED) is 0.680. The maximum atomic E-state index is 12.5. The first-order valence-corrected chi connectivity index (χ1v) is 6.60. The number of hydrogen-bond acceptors (Lipinski definition) is 4. The molecule has 2 aromatic rings. The van der Waals surface area contributed by atoms with Gasteiger partial charge < -0.3 is 10.5 Å². The normalized spacial score (nSPS) is 10.8. The molecule has 0 bridgehead atoms. The lowest BCUT2D eigenvalue weighted by molar-refractivity contribution is 0.102. The number of ether oxygens (including phenoxy) is 1. The summed E-state index contributed by atoms with van der Waals surface area (Å²) in [6, 6.07) is 4.71. The highest BCUT2D eigenvalue weighted by molar-refractivity contribution is 6.35. The number of nitrogens with zero attached hydrogens (tertiary/aromatic N) is 2. The fraction of sp³-hybridized carbons (Fsp3) is 0.231. The fourth-order valence-electron chi connectivity index (χ4n) is 1.80. The second-order valence-corrected chi connectivity index (χ2v) is 4.96. The van der Waals surface area contributed by atoms with Crippen LogP contribution in [0.5, 0.6) is 0 Å². The summed E-state index contributed by atoms with van der Waals surface area (Å²) in [7, 11) is 1.57. The van der Waals surface area contributed by atoms with Crippen molar-refractivity contribution in [2.45, 2.75) is 6.54 Å². The summed E-state index contributed by atoms with van der Waals surface area (Å²) in [5.74, 6) is -0.294. The third-order valence-corrected chi connectivity index (χ3v) is 3.29. The maximum absolute atomic E-state index is 12.5. The van der Waals surface area contributed by atoms with Crippen LogP contribution in [0.4, 0.5) is 5.69 Å². The molecule has 2 rings (SSSR count). The molecular formula is C13H13Cl2N3O2. The number of anilines is 1. The molecule has 5 nitrogen and oxygen atoms in total. The molecular weight excluding hydrogens is 301 g/mol. The van der Waals surface area contributed by atoms with Gasteiger partial charge in [0.25, 0.3) is 0 Å². The SMILES string of the molecule is COCCn1ncc(Cl)c1C(=O)c1ccc(Cl)cc1N. The third kappa shape index (κ3) is 2.95. The molecule has 1 aromatic heterocycles. The molecule has 1 heterocycles. The number of carbonyl (C=O) groups is 1. The Morgan fingerprint density at radius 1 is 1.45 bits per heavy atom. The fourth-order valence-corrected chi connectivity index (χ4v) is 2.21. The smallest absolute Gasteiger partial charge is 0.214 e. The highest BCUT2D eigenvalue weighted by Crippen LogP contribution is 2.24. The first-order chi connectivity index (χ1) is 9.54. The van der Waals surface area contributed by atoms with Crippen molar-refractivity contribution in [3.05, 3.63) is 45.7 Å². The lowest BCUT2D eigenvalue weighted by Gasteiger charge is -2.09. The van der Waals surface area contributed by atoms with Crippen LogP contribution in [0.2, 0.25) is 10.0 Å². The van der Waals surface area contributed by atoms with Gasteiger partial charge in [-0.15, -0.1) is 0 Å². The van der Waals surface area contributed by atoms with Gasteiger partial charge in [0.2, 0.25) is 5.78 Å². The highest BCUT2D eigenvalue weighted by atomic mass is 35.5. The van der Waals surface area contributed by atoms with Crippen LogP contribution in [0.25, 0.3) is 0 Å². The van der Waals surface area contributed by atoms with Crippen LogP contribution in [0.15, 0.2) is 24.4 Å². The molecule has 0 saturated heterocycles. The molecule has 2 N–H and O–H groups in total. The van der Waals surface area contributed by atoms with Gasteiger partial charge in [0, 0.05) is 23.4 Å². The van der Waals surface area contributed by atoms with Gasteiger partial charge in [-0.2, -0.15) is 5.10 Å². The zero-order valence-corrected chi connectivity index (χ0v) is 12.3. The largest absolute Gasteiger partial charge is 0.398 e. The van der Waals surface area contributed by atoms with E-state index in [4.69, 9.17) is 33.7 Å². The monoisotopic (exact) mass is 313 g/mol. The minimum Gasteiger partial charge on any atom is -0.398 e. The van der Waals surface area contributed by atoms with Crippen LogP contribution < -0.4 is 5.73 Å². The van der Waals surface area contributed by atoms with E-state index in [9.17, 15) is 4.79 Å². The topological polar surface area (TPSA) is 70.1 Å². The van der Waals surface area contributed by atoms with Crippen molar-refractivity contribution in [2.75, 3.05) is 19.5 Å². The molecule has 0 radical (unpaired) electrons. The summed E-state index contributed by atoms with van der Waals surface area (Å²) < 4.78 is 6.48. The molecule has 106 valence electrons. The molecule has 0 atom stereocenters. The Balaban J connectivity index is 2.40. The van der Waals surface area contributed by atoms with E-state index >= 15 is 0 Å². The summed E-state index contributed by atoms with van der Waals surface area (Å²) in [6.07, 6.45) is 1.43. The highest BCUT2D eigenvalue weighted by Gasteiger charge is 2.21. The van der Waals surface area contributed by atoms with Crippen LogP contribution in [0, 0.1) is 0 Å². The first kappa shape index (κ1) is 14.8. The Bertz CT molecular complexity index is 641. The number of methoxy groups -OCH3 is 1. The molecule has 0 spiro atoms. The lowest BCUT2D eigenvalue weighted by atomic mass is 10.1. The lowest BCUT2D eigenvalue weighted by Crippen LogP contribution is -2.15. The van der Waals surface area contributed by atoms with Gasteiger partial charge in [-0.05, 0) is 18.2 Å². The van der Waals surface area contributed by atoms with Crippen molar-refractivity contribution in [1.29, 1.82) is 0 Å². The summed E-state index contributed by atoms with van der Waals surface area (Å²) in [6.45, 7) is 0.853. The molecule has 0 fully saturated rings. The average Bonchev–Trinajstić information content (AvgIpc) is 2.77. The molecule has 0 unspecified atom stereocenters. The van der Waals surface area contributed by atoms with E-state index in [0.29, 0.717) is 29.4 Å². The number of ketones is 1. The van der Waals surface area contributed by atoms with Crippen molar-refractivity contribution in [1.82, 2.24) is 9.78 Å². The number of benzene rings is 1. The van der Waals surface area contributed by atoms with E-state index in [2.05, 4.69) is 5.10 Å². The Hall–Kier alpha value is -1.56. The minimum absolute atomic E-state index is 0.278. The van der Waals surface area contributed by atoms with E-state index in [1.165, 1.54) is 16.9 Å². The van der Waals surface area contributed by atoms with Gasteiger partial charge in [-0.25, -0.2) is 0 Å². The van der Waals surface area contributed by atoms with Crippen molar-refractivity contribution in [2.24, 2.45) is 0 Å². The first-order valence-electron chi connectivity index (χ1n) is 5.84. The molecule has 0 amide bonds. The van der Waals surface area contributed by atoms with Gasteiger partial charge in [0.1, 0.15) is 5.69 Å². The number of hydrogen-bond donors (Lipinski definition) is 1. The van der Waals surface area contributed by atoms with Gasteiger partial charge >= 0.3 is 0 Å².